The van der Waals surface area contributed by atoms with Gasteiger partial charge in [0.1, 0.15) is 5.75 Å². The number of nitrogens with zero attached hydrogens (tertiary/aromatic N) is 2. The standard InChI is InChI=1S/C20H18N4O3/c1-11-13(7-4-8-16(11)25)20(27)23-24-18-14-6-3-2-5-12(14)9-10-15(18)17(22-24)19(21)26/h2-8,25H,9-10H2,1H3,(H2,21,26)(H,23,27). The number of amides is 2. The van der Waals surface area contributed by atoms with Crippen LogP contribution in [0, 0.1) is 6.92 Å². The van der Waals surface area contributed by atoms with Gasteiger partial charge in [0, 0.05) is 22.3 Å². The fourth-order valence-corrected chi connectivity index (χ4v) is 3.50. The van der Waals surface area contributed by atoms with E-state index >= 15 is 0 Å². The Bertz CT molecular complexity index is 1080. The lowest BCUT2D eigenvalue weighted by atomic mass is 9.89. The number of nitrogens with one attached hydrogen (secondary N) is 1. The third-order valence-corrected chi connectivity index (χ3v) is 4.89. The van der Waals surface area contributed by atoms with Gasteiger partial charge in [0.25, 0.3) is 11.8 Å². The van der Waals surface area contributed by atoms with Crippen molar-refractivity contribution >= 4 is 11.8 Å². The zero-order valence-corrected chi connectivity index (χ0v) is 14.7. The predicted octanol–water partition coefficient (Wildman–Crippen LogP) is 2.15. The molecule has 0 unspecified atom stereocenters. The first-order valence-electron chi connectivity index (χ1n) is 8.57. The van der Waals surface area contributed by atoms with E-state index in [1.807, 2.05) is 24.3 Å². The molecule has 4 N–H and O–H groups in total. The first-order chi connectivity index (χ1) is 13.0. The first kappa shape index (κ1) is 16.8. The molecule has 0 saturated carbocycles. The monoisotopic (exact) mass is 362 g/mol. The van der Waals surface area contributed by atoms with E-state index in [0.29, 0.717) is 23.2 Å². The van der Waals surface area contributed by atoms with E-state index in [4.69, 9.17) is 5.73 Å². The molecule has 0 spiro atoms. The van der Waals surface area contributed by atoms with Gasteiger partial charge in [-0.05, 0) is 37.5 Å². The number of aryl methyl sites for hydroxylation is 1. The van der Waals surface area contributed by atoms with E-state index in [1.165, 1.54) is 10.9 Å². The first-order valence-corrected chi connectivity index (χ1v) is 8.57. The van der Waals surface area contributed by atoms with Crippen molar-refractivity contribution in [2.75, 3.05) is 5.43 Å². The zero-order valence-electron chi connectivity index (χ0n) is 14.7. The van der Waals surface area contributed by atoms with Crippen molar-refractivity contribution in [2.45, 2.75) is 19.8 Å². The van der Waals surface area contributed by atoms with Crippen molar-refractivity contribution in [2.24, 2.45) is 5.73 Å². The molecule has 136 valence electrons. The lowest BCUT2D eigenvalue weighted by Crippen LogP contribution is -2.26. The molecule has 0 aliphatic heterocycles. The molecule has 7 heteroatoms. The number of aromatic hydroxyl groups is 1. The lowest BCUT2D eigenvalue weighted by molar-refractivity contribution is 0.0983. The number of aromatic nitrogens is 2. The number of carbonyl (C=O) groups excluding carboxylic acids is 2. The summed E-state index contributed by atoms with van der Waals surface area (Å²) in [5.41, 5.74) is 12.6. The van der Waals surface area contributed by atoms with Crippen LogP contribution in [0.25, 0.3) is 11.3 Å². The Balaban J connectivity index is 1.82. The van der Waals surface area contributed by atoms with Crippen molar-refractivity contribution in [3.63, 3.8) is 0 Å². The van der Waals surface area contributed by atoms with Gasteiger partial charge in [-0.3, -0.25) is 9.59 Å². The number of carbonyl (C=O) groups is 2. The number of primary amides is 1. The molecule has 1 aliphatic carbocycles. The Morgan fingerprint density at radius 2 is 1.93 bits per heavy atom. The summed E-state index contributed by atoms with van der Waals surface area (Å²) in [6.07, 6.45) is 1.39. The lowest BCUT2D eigenvalue weighted by Gasteiger charge is -2.18. The highest BCUT2D eigenvalue weighted by Crippen LogP contribution is 2.34. The maximum atomic E-state index is 12.8. The normalized spacial score (nSPS) is 12.2. The Hall–Kier alpha value is -3.61. The minimum Gasteiger partial charge on any atom is -0.508 e. The topological polar surface area (TPSA) is 110 Å². The highest BCUT2D eigenvalue weighted by atomic mass is 16.3. The third-order valence-electron chi connectivity index (χ3n) is 4.89. The summed E-state index contributed by atoms with van der Waals surface area (Å²) in [6.45, 7) is 1.66. The van der Waals surface area contributed by atoms with Gasteiger partial charge in [-0.2, -0.15) is 4.79 Å². The van der Waals surface area contributed by atoms with E-state index in [1.54, 1.807) is 19.1 Å². The van der Waals surface area contributed by atoms with E-state index in [9.17, 15) is 14.7 Å². The molecular formula is C20H18N4O3. The van der Waals surface area contributed by atoms with E-state index < -0.39 is 11.8 Å². The van der Waals surface area contributed by atoms with Crippen LogP contribution < -0.4 is 11.2 Å². The molecule has 2 amide bonds. The number of hydrogen-bond acceptors (Lipinski definition) is 4. The van der Waals surface area contributed by atoms with Crippen LogP contribution in [0.3, 0.4) is 0 Å². The minimum atomic E-state index is -0.632. The minimum absolute atomic E-state index is 0.0355. The molecule has 1 heterocycles. The van der Waals surface area contributed by atoms with Gasteiger partial charge in [-0.25, -0.2) is 5.43 Å². The maximum absolute atomic E-state index is 12.8. The Morgan fingerprint density at radius 1 is 1.15 bits per heavy atom. The van der Waals surface area contributed by atoms with Crippen LogP contribution in [0.2, 0.25) is 0 Å². The zero-order chi connectivity index (χ0) is 19.1. The second-order valence-electron chi connectivity index (χ2n) is 6.50. The van der Waals surface area contributed by atoms with Crippen molar-refractivity contribution < 1.29 is 14.7 Å². The molecule has 0 fully saturated rings. The predicted molar refractivity (Wildman–Crippen MR) is 100 cm³/mol. The SMILES string of the molecule is Cc1c(O)cccc1C(=O)Nn1nc(C(N)=O)c2c1-c1ccccc1CC2. The van der Waals surface area contributed by atoms with Crippen molar-refractivity contribution in [1.82, 2.24) is 9.89 Å². The van der Waals surface area contributed by atoms with Crippen LogP contribution in [0.15, 0.2) is 42.5 Å². The average Bonchev–Trinajstić information content (AvgIpc) is 3.03. The summed E-state index contributed by atoms with van der Waals surface area (Å²) < 4.78 is 0. The van der Waals surface area contributed by atoms with Crippen molar-refractivity contribution in [3.05, 3.63) is 70.4 Å². The summed E-state index contributed by atoms with van der Waals surface area (Å²) in [4.78, 5) is 25.9. The van der Waals surface area contributed by atoms with Gasteiger partial charge in [-0.15, -0.1) is 5.10 Å². The van der Waals surface area contributed by atoms with Gasteiger partial charge in [-0.1, -0.05) is 30.3 Å². The van der Waals surface area contributed by atoms with E-state index in [-0.39, 0.29) is 11.4 Å². The molecule has 0 bridgehead atoms. The Morgan fingerprint density at radius 3 is 2.70 bits per heavy atom. The number of phenolic OH excluding ortho intramolecular Hbond substituents is 1. The second-order valence-corrected chi connectivity index (χ2v) is 6.50. The van der Waals surface area contributed by atoms with Crippen molar-refractivity contribution in [1.29, 1.82) is 0 Å². The number of nitrogens with two attached hydrogens (primary N) is 1. The van der Waals surface area contributed by atoms with Gasteiger partial charge in [0.2, 0.25) is 0 Å². The molecule has 1 aromatic heterocycles. The molecule has 4 rings (SSSR count). The fraction of sp³-hybridized carbons (Fsp3) is 0.150. The fourth-order valence-electron chi connectivity index (χ4n) is 3.50. The van der Waals surface area contributed by atoms with Gasteiger partial charge >= 0.3 is 0 Å². The third kappa shape index (κ3) is 2.73. The van der Waals surface area contributed by atoms with Crippen LogP contribution >= 0.6 is 0 Å². The smallest absolute Gasteiger partial charge is 0.271 e. The molecule has 3 aromatic rings. The summed E-state index contributed by atoms with van der Waals surface area (Å²) in [6, 6.07) is 12.5. The van der Waals surface area contributed by atoms with E-state index in [2.05, 4.69) is 10.5 Å². The number of rotatable bonds is 3. The summed E-state index contributed by atoms with van der Waals surface area (Å²) in [5, 5.41) is 14.1. The maximum Gasteiger partial charge on any atom is 0.271 e. The van der Waals surface area contributed by atoms with Crippen LogP contribution in [-0.4, -0.2) is 26.8 Å². The van der Waals surface area contributed by atoms with Crippen LogP contribution in [0.5, 0.6) is 5.75 Å². The largest absolute Gasteiger partial charge is 0.508 e. The van der Waals surface area contributed by atoms with Crippen molar-refractivity contribution in [3.8, 4) is 17.0 Å². The second kappa shape index (κ2) is 6.28. The van der Waals surface area contributed by atoms with Crippen LogP contribution in [0.1, 0.15) is 37.5 Å². The van der Waals surface area contributed by atoms with Gasteiger partial charge < -0.3 is 10.8 Å². The Labute approximate surface area is 155 Å². The van der Waals surface area contributed by atoms with Gasteiger partial charge in [0.15, 0.2) is 5.69 Å². The molecule has 2 aromatic carbocycles. The molecule has 1 aliphatic rings. The highest BCUT2D eigenvalue weighted by molar-refractivity contribution is 6.02. The molecule has 0 atom stereocenters. The Kier molecular flexibility index (Phi) is 3.92. The molecular weight excluding hydrogens is 344 g/mol. The summed E-state index contributed by atoms with van der Waals surface area (Å²) >= 11 is 0. The van der Waals surface area contributed by atoms with E-state index in [0.717, 1.165) is 23.1 Å². The summed E-state index contributed by atoms with van der Waals surface area (Å²) in [5.74, 6) is -1.03. The number of fused-ring (bicyclic) bond motifs is 3. The number of phenols is 1. The quantitative estimate of drug-likeness (QED) is 0.663. The van der Waals surface area contributed by atoms with Crippen LogP contribution in [-0.2, 0) is 12.8 Å². The summed E-state index contributed by atoms with van der Waals surface area (Å²) in [7, 11) is 0. The molecule has 7 nitrogen and oxygen atoms in total. The molecule has 0 radical (unpaired) electrons. The number of hydrogen-bond donors (Lipinski definition) is 3. The molecule has 0 saturated heterocycles. The average molecular weight is 362 g/mol. The molecule has 27 heavy (non-hydrogen) atoms. The number of benzene rings is 2. The van der Waals surface area contributed by atoms with Crippen LogP contribution in [0.4, 0.5) is 0 Å². The van der Waals surface area contributed by atoms with Gasteiger partial charge in [0.05, 0.1) is 5.69 Å². The highest BCUT2D eigenvalue weighted by Gasteiger charge is 2.28.